The molecule has 1 aliphatic rings. The maximum absolute atomic E-state index is 12.2. The van der Waals surface area contributed by atoms with Crippen LogP contribution < -0.4 is 10.6 Å². The van der Waals surface area contributed by atoms with Crippen molar-refractivity contribution in [3.63, 3.8) is 0 Å². The zero-order valence-corrected chi connectivity index (χ0v) is 12.2. The first-order valence-corrected chi connectivity index (χ1v) is 6.71. The van der Waals surface area contributed by atoms with E-state index in [1.807, 2.05) is 36.7 Å². The van der Waals surface area contributed by atoms with Gasteiger partial charge >= 0.3 is 6.03 Å². The number of likely N-dealkylation sites (N-methyl/N-ethyl adjacent to an activating group) is 1. The molecule has 1 atom stereocenters. The second-order valence-electron chi connectivity index (χ2n) is 5.41. The lowest BCUT2D eigenvalue weighted by atomic mass is 10.2. The summed E-state index contributed by atoms with van der Waals surface area (Å²) in [5, 5.41) is 0. The van der Waals surface area contributed by atoms with Gasteiger partial charge in [-0.2, -0.15) is 0 Å². The number of anilines is 1. The fourth-order valence-corrected chi connectivity index (χ4v) is 2.44. The van der Waals surface area contributed by atoms with Crippen molar-refractivity contribution in [2.75, 3.05) is 18.5 Å². The van der Waals surface area contributed by atoms with E-state index in [0.717, 1.165) is 16.2 Å². The quantitative estimate of drug-likeness (QED) is 0.837. The summed E-state index contributed by atoms with van der Waals surface area (Å²) in [5.41, 5.74) is 8.85. The molecule has 2 aromatic rings. The lowest BCUT2D eigenvalue weighted by molar-refractivity contribution is -0.123. The molecule has 0 radical (unpaired) electrons. The zero-order chi connectivity index (χ0) is 15.3. The van der Waals surface area contributed by atoms with Crippen LogP contribution >= 0.6 is 0 Å². The fraction of sp³-hybridized carbons (Fsp3) is 0.357. The second kappa shape index (κ2) is 4.56. The number of rotatable bonds is 2. The Bertz CT molecular complexity index is 749. The predicted octanol–water partition coefficient (Wildman–Crippen LogP) is 1.06. The number of aryl methyl sites for hydroxylation is 1. The second-order valence-corrected chi connectivity index (χ2v) is 5.41. The number of nitrogens with zero attached hydrogens (tertiary/aromatic N) is 4. The van der Waals surface area contributed by atoms with Crippen LogP contribution in [0.15, 0.2) is 18.5 Å². The van der Waals surface area contributed by atoms with E-state index < -0.39 is 0 Å². The van der Waals surface area contributed by atoms with Gasteiger partial charge < -0.3 is 10.1 Å². The van der Waals surface area contributed by atoms with Crippen LogP contribution in [0.25, 0.3) is 5.65 Å². The molecule has 7 nitrogen and oxygen atoms in total. The Hall–Kier alpha value is -2.41. The maximum Gasteiger partial charge on any atom is 0.331 e. The molecule has 110 valence electrons. The van der Waals surface area contributed by atoms with Gasteiger partial charge in [0.2, 0.25) is 5.91 Å². The highest BCUT2D eigenvalue weighted by Crippen LogP contribution is 2.27. The van der Waals surface area contributed by atoms with Crippen LogP contribution in [-0.2, 0) is 4.79 Å². The summed E-state index contributed by atoms with van der Waals surface area (Å²) < 4.78 is 1.85. The highest BCUT2D eigenvalue weighted by molar-refractivity contribution is 6.13. The van der Waals surface area contributed by atoms with Gasteiger partial charge in [0.25, 0.3) is 0 Å². The minimum Gasteiger partial charge on any atom is -0.323 e. The number of urea groups is 1. The Morgan fingerprint density at radius 2 is 2.05 bits per heavy atom. The van der Waals surface area contributed by atoms with Crippen LogP contribution in [0.1, 0.15) is 24.2 Å². The lowest BCUT2D eigenvalue weighted by Crippen LogP contribution is -2.30. The summed E-state index contributed by atoms with van der Waals surface area (Å²) >= 11 is 0. The molecule has 2 N–H and O–H groups in total. The van der Waals surface area contributed by atoms with Gasteiger partial charge in [0.15, 0.2) is 5.65 Å². The van der Waals surface area contributed by atoms with Crippen molar-refractivity contribution in [2.24, 2.45) is 5.73 Å². The van der Waals surface area contributed by atoms with Gasteiger partial charge in [-0.3, -0.25) is 14.6 Å². The Labute approximate surface area is 122 Å². The average molecular weight is 287 g/mol. The number of pyridine rings is 1. The van der Waals surface area contributed by atoms with Crippen LogP contribution in [-0.4, -0.2) is 39.8 Å². The van der Waals surface area contributed by atoms with E-state index in [9.17, 15) is 9.59 Å². The third kappa shape index (κ3) is 2.06. The molecule has 1 fully saturated rings. The van der Waals surface area contributed by atoms with E-state index in [1.165, 1.54) is 11.9 Å². The molecule has 0 spiro atoms. The average Bonchev–Trinajstić information content (AvgIpc) is 2.95. The smallest absolute Gasteiger partial charge is 0.323 e. The number of hydrogen-bond acceptors (Lipinski definition) is 4. The van der Waals surface area contributed by atoms with E-state index in [4.69, 9.17) is 5.73 Å². The number of amides is 3. The van der Waals surface area contributed by atoms with Crippen molar-refractivity contribution in [1.82, 2.24) is 14.3 Å². The summed E-state index contributed by atoms with van der Waals surface area (Å²) in [5.74, 6) is -0.223. The molecule has 7 heteroatoms. The van der Waals surface area contributed by atoms with Crippen molar-refractivity contribution in [1.29, 1.82) is 0 Å². The van der Waals surface area contributed by atoms with E-state index in [2.05, 4.69) is 4.98 Å². The van der Waals surface area contributed by atoms with Crippen LogP contribution in [0.2, 0.25) is 0 Å². The Morgan fingerprint density at radius 1 is 1.33 bits per heavy atom. The van der Waals surface area contributed by atoms with Gasteiger partial charge in [0, 0.05) is 25.5 Å². The summed E-state index contributed by atoms with van der Waals surface area (Å²) in [7, 11) is 1.48. The number of nitrogens with two attached hydrogens (primary N) is 1. The molecule has 0 bridgehead atoms. The molecule has 1 saturated heterocycles. The Kier molecular flexibility index (Phi) is 2.94. The Balaban J connectivity index is 2.18. The molecule has 2 aromatic heterocycles. The number of fused-ring (bicyclic) bond motifs is 1. The first-order chi connectivity index (χ1) is 9.88. The minimum atomic E-state index is -0.335. The molecule has 21 heavy (non-hydrogen) atoms. The van der Waals surface area contributed by atoms with E-state index in [0.29, 0.717) is 11.3 Å². The molecule has 3 heterocycles. The molecule has 1 unspecified atom stereocenters. The standard InChI is InChI=1S/C14H17N5O2/c1-8-4-11(19-7-12(20)17(3)14(19)21)13-16-10(9(2)15)6-18(13)5-8/h4-6,9H,7,15H2,1-3H3. The van der Waals surface area contributed by atoms with Crippen molar-refractivity contribution in [3.05, 3.63) is 29.7 Å². The molecular formula is C14H17N5O2. The van der Waals surface area contributed by atoms with E-state index in [1.54, 1.807) is 0 Å². The first kappa shape index (κ1) is 13.6. The third-order valence-electron chi connectivity index (χ3n) is 3.63. The molecule has 3 amide bonds. The minimum absolute atomic E-state index is 0.0365. The van der Waals surface area contributed by atoms with Crippen LogP contribution in [0, 0.1) is 6.92 Å². The van der Waals surface area contributed by atoms with Gasteiger partial charge in [-0.1, -0.05) is 0 Å². The number of aromatic nitrogens is 2. The molecule has 0 aliphatic carbocycles. The van der Waals surface area contributed by atoms with Gasteiger partial charge in [-0.25, -0.2) is 9.78 Å². The summed E-state index contributed by atoms with van der Waals surface area (Å²) in [4.78, 5) is 31.0. The third-order valence-corrected chi connectivity index (χ3v) is 3.63. The molecule has 1 aliphatic heterocycles. The number of carbonyl (C=O) groups is 2. The first-order valence-electron chi connectivity index (χ1n) is 6.71. The summed E-state index contributed by atoms with van der Waals surface area (Å²) in [6.45, 7) is 3.82. The number of carbonyl (C=O) groups excluding carboxylic acids is 2. The number of hydrogen-bond donors (Lipinski definition) is 1. The van der Waals surface area contributed by atoms with Gasteiger partial charge in [0.1, 0.15) is 6.54 Å². The highest BCUT2D eigenvalue weighted by Gasteiger charge is 2.35. The molecule has 0 aromatic carbocycles. The topological polar surface area (TPSA) is 83.9 Å². The van der Waals surface area contributed by atoms with Gasteiger partial charge in [0.05, 0.1) is 11.4 Å². The van der Waals surface area contributed by atoms with Crippen molar-refractivity contribution in [3.8, 4) is 0 Å². The Morgan fingerprint density at radius 3 is 2.62 bits per heavy atom. The monoisotopic (exact) mass is 287 g/mol. The molecule has 3 rings (SSSR count). The normalized spacial score (nSPS) is 17.1. The number of imide groups is 1. The lowest BCUT2D eigenvalue weighted by Gasteiger charge is -2.16. The number of imidazole rings is 1. The SMILES string of the molecule is Cc1cc(N2CC(=O)N(C)C2=O)c2nc(C(C)N)cn2c1. The van der Waals surface area contributed by atoms with Crippen molar-refractivity contribution in [2.45, 2.75) is 19.9 Å². The van der Waals surface area contributed by atoms with E-state index in [-0.39, 0.29) is 24.5 Å². The molecule has 0 saturated carbocycles. The zero-order valence-electron chi connectivity index (χ0n) is 12.2. The highest BCUT2D eigenvalue weighted by atomic mass is 16.2. The van der Waals surface area contributed by atoms with Gasteiger partial charge in [-0.15, -0.1) is 0 Å². The van der Waals surface area contributed by atoms with Crippen LogP contribution in [0.3, 0.4) is 0 Å². The summed E-state index contributed by atoms with van der Waals surface area (Å²) in [6.07, 6.45) is 3.77. The fourth-order valence-electron chi connectivity index (χ4n) is 2.44. The van der Waals surface area contributed by atoms with Crippen LogP contribution in [0.5, 0.6) is 0 Å². The predicted molar refractivity (Wildman–Crippen MR) is 78.0 cm³/mol. The molecular weight excluding hydrogens is 270 g/mol. The van der Waals surface area contributed by atoms with Crippen molar-refractivity contribution < 1.29 is 9.59 Å². The van der Waals surface area contributed by atoms with Crippen LogP contribution in [0.4, 0.5) is 10.5 Å². The summed E-state index contributed by atoms with van der Waals surface area (Å²) in [6, 6.07) is 1.33. The van der Waals surface area contributed by atoms with Gasteiger partial charge in [-0.05, 0) is 25.5 Å². The maximum atomic E-state index is 12.2. The van der Waals surface area contributed by atoms with Crippen molar-refractivity contribution >= 4 is 23.3 Å². The largest absolute Gasteiger partial charge is 0.331 e. The van der Waals surface area contributed by atoms with E-state index >= 15 is 0 Å².